The van der Waals surface area contributed by atoms with Crippen LogP contribution in [0, 0.1) is 12.8 Å². The predicted molar refractivity (Wildman–Crippen MR) is 144 cm³/mol. The van der Waals surface area contributed by atoms with Gasteiger partial charge < -0.3 is 18.6 Å². The summed E-state index contributed by atoms with van der Waals surface area (Å²) in [6.45, 7) is 15.5. The van der Waals surface area contributed by atoms with Crippen molar-refractivity contribution in [2.45, 2.75) is 104 Å². The summed E-state index contributed by atoms with van der Waals surface area (Å²) in [5.74, 6) is 1.35. The lowest BCUT2D eigenvalue weighted by molar-refractivity contribution is -0.143. The third-order valence-corrected chi connectivity index (χ3v) is 12.5. The molecule has 0 N–H and O–H groups in total. The number of rotatable bonds is 9. The maximum absolute atomic E-state index is 12.9. The molecule has 200 valence electrons. The van der Waals surface area contributed by atoms with E-state index < -0.39 is 8.32 Å². The molecule has 36 heavy (non-hydrogen) atoms. The number of fused-ring (bicyclic) bond motifs is 1. The van der Waals surface area contributed by atoms with E-state index in [1.165, 1.54) is 12.0 Å². The standard InChI is InChI=1S/C29H44O6Si/c1-9-33-24(30)17-15-21-13-11-10-12-20(21)14-16-22-26(32-6)19(2)23-18-34-28(31)25(23)27(22)35-36(7,8)29(3,4)5/h14,21H,9-13,15-18H2,1-8H3/b20-14+/t21-/m0/s1. The Balaban J connectivity index is 2.03. The largest absolute Gasteiger partial charge is 0.543 e. The number of esters is 2. The zero-order valence-electron chi connectivity index (χ0n) is 23.5. The Labute approximate surface area is 217 Å². The van der Waals surface area contributed by atoms with Gasteiger partial charge in [0.05, 0.1) is 13.7 Å². The topological polar surface area (TPSA) is 71.1 Å². The van der Waals surface area contributed by atoms with Gasteiger partial charge in [-0.1, -0.05) is 38.8 Å². The average Bonchev–Trinajstić information content (AvgIpc) is 3.20. The summed E-state index contributed by atoms with van der Waals surface area (Å²) in [4.78, 5) is 24.9. The maximum Gasteiger partial charge on any atom is 0.342 e. The lowest BCUT2D eigenvalue weighted by Gasteiger charge is -2.38. The summed E-state index contributed by atoms with van der Waals surface area (Å²) in [7, 11) is -0.571. The van der Waals surface area contributed by atoms with Crippen LogP contribution in [0.1, 0.15) is 93.3 Å². The van der Waals surface area contributed by atoms with Gasteiger partial charge in [-0.25, -0.2) is 4.79 Å². The SMILES string of the molecule is CCOC(=O)CC[C@@H]1CCCC/C1=C\Cc1c(OC)c(C)c2c(c1O[Si](C)(C)C(C)(C)C)C(=O)OC2. The molecule has 1 heterocycles. The van der Waals surface area contributed by atoms with Crippen LogP contribution in [0.3, 0.4) is 0 Å². The molecule has 0 radical (unpaired) electrons. The molecule has 1 fully saturated rings. The number of hydrogen-bond acceptors (Lipinski definition) is 6. The van der Waals surface area contributed by atoms with E-state index >= 15 is 0 Å². The zero-order chi connectivity index (χ0) is 26.7. The van der Waals surface area contributed by atoms with Gasteiger partial charge in [0, 0.05) is 17.5 Å². The molecule has 6 nitrogen and oxygen atoms in total. The fraction of sp³-hybridized carbons (Fsp3) is 0.655. The Morgan fingerprint density at radius 2 is 1.92 bits per heavy atom. The van der Waals surface area contributed by atoms with E-state index in [9.17, 15) is 9.59 Å². The second-order valence-corrected chi connectivity index (χ2v) is 16.3. The van der Waals surface area contributed by atoms with E-state index in [4.69, 9.17) is 18.6 Å². The number of cyclic esters (lactones) is 1. The van der Waals surface area contributed by atoms with Crippen LogP contribution in [-0.2, 0) is 27.3 Å². The minimum atomic E-state index is -2.25. The second kappa shape index (κ2) is 11.4. The van der Waals surface area contributed by atoms with Crippen LogP contribution in [0.25, 0.3) is 0 Å². The Bertz CT molecular complexity index is 1020. The lowest BCUT2D eigenvalue weighted by atomic mass is 9.80. The minimum Gasteiger partial charge on any atom is -0.543 e. The molecule has 1 saturated carbocycles. The quantitative estimate of drug-likeness (QED) is 0.199. The number of carbonyl (C=O) groups excluding carboxylic acids is 2. The predicted octanol–water partition coefficient (Wildman–Crippen LogP) is 7.06. The molecule has 0 amide bonds. The molecule has 0 saturated heterocycles. The lowest BCUT2D eigenvalue weighted by Crippen LogP contribution is -2.44. The monoisotopic (exact) mass is 516 g/mol. The first kappa shape index (κ1) is 28.3. The van der Waals surface area contributed by atoms with E-state index in [0.29, 0.717) is 36.7 Å². The molecule has 0 unspecified atom stereocenters. The Morgan fingerprint density at radius 3 is 2.56 bits per heavy atom. The normalized spacial score (nSPS) is 19.2. The van der Waals surface area contributed by atoms with E-state index in [1.807, 2.05) is 13.8 Å². The van der Waals surface area contributed by atoms with Crippen molar-refractivity contribution in [3.8, 4) is 11.5 Å². The third-order valence-electron chi connectivity index (χ3n) is 8.15. The van der Waals surface area contributed by atoms with Crippen molar-refractivity contribution < 1.29 is 28.2 Å². The van der Waals surface area contributed by atoms with Crippen LogP contribution < -0.4 is 9.16 Å². The molecule has 7 heteroatoms. The molecule has 1 aliphatic carbocycles. The molecule has 0 bridgehead atoms. The first-order valence-electron chi connectivity index (χ1n) is 13.3. The Hall–Kier alpha value is -2.28. The number of methoxy groups -OCH3 is 1. The first-order chi connectivity index (χ1) is 16.9. The van der Waals surface area contributed by atoms with E-state index in [1.54, 1.807) is 7.11 Å². The molecule has 2 aliphatic rings. The highest BCUT2D eigenvalue weighted by Crippen LogP contribution is 2.47. The summed E-state index contributed by atoms with van der Waals surface area (Å²) >= 11 is 0. The van der Waals surface area contributed by atoms with Crippen molar-refractivity contribution >= 4 is 20.3 Å². The van der Waals surface area contributed by atoms with Gasteiger partial charge in [-0.05, 0) is 75.6 Å². The van der Waals surface area contributed by atoms with Gasteiger partial charge in [-0.2, -0.15) is 0 Å². The van der Waals surface area contributed by atoms with Gasteiger partial charge in [-0.15, -0.1) is 0 Å². The van der Waals surface area contributed by atoms with Crippen molar-refractivity contribution in [3.63, 3.8) is 0 Å². The van der Waals surface area contributed by atoms with Crippen molar-refractivity contribution in [2.75, 3.05) is 13.7 Å². The number of carbonyl (C=O) groups is 2. The van der Waals surface area contributed by atoms with E-state index in [0.717, 1.165) is 48.1 Å². The Morgan fingerprint density at radius 1 is 1.19 bits per heavy atom. The first-order valence-corrected chi connectivity index (χ1v) is 16.2. The molecular weight excluding hydrogens is 472 g/mol. The minimum absolute atomic E-state index is 0.0299. The fourth-order valence-corrected chi connectivity index (χ4v) is 6.04. The van der Waals surface area contributed by atoms with Crippen LogP contribution in [0.5, 0.6) is 11.5 Å². The number of allylic oxidation sites excluding steroid dienone is 2. The fourth-order valence-electron chi connectivity index (χ4n) is 5.00. The summed E-state index contributed by atoms with van der Waals surface area (Å²) in [5.41, 5.74) is 4.67. The highest BCUT2D eigenvalue weighted by molar-refractivity contribution is 6.74. The van der Waals surface area contributed by atoms with Crippen LogP contribution in [0.2, 0.25) is 18.1 Å². The van der Waals surface area contributed by atoms with Gasteiger partial charge in [0.2, 0.25) is 0 Å². The van der Waals surface area contributed by atoms with Crippen LogP contribution in [0.4, 0.5) is 0 Å². The summed E-state index contributed by atoms with van der Waals surface area (Å²) in [6.07, 6.45) is 8.61. The smallest absolute Gasteiger partial charge is 0.342 e. The van der Waals surface area contributed by atoms with Gasteiger partial charge >= 0.3 is 11.9 Å². The molecule has 1 aromatic rings. The molecule has 0 spiro atoms. The second-order valence-electron chi connectivity index (χ2n) is 11.5. The van der Waals surface area contributed by atoms with Crippen LogP contribution in [0.15, 0.2) is 11.6 Å². The van der Waals surface area contributed by atoms with Crippen molar-refractivity contribution in [1.82, 2.24) is 0 Å². The number of benzene rings is 1. The highest BCUT2D eigenvalue weighted by atomic mass is 28.4. The van der Waals surface area contributed by atoms with Gasteiger partial charge in [0.25, 0.3) is 8.32 Å². The molecule has 3 rings (SSSR count). The molecule has 1 aromatic carbocycles. The van der Waals surface area contributed by atoms with Crippen LogP contribution >= 0.6 is 0 Å². The van der Waals surface area contributed by atoms with Gasteiger partial charge in [0.15, 0.2) is 0 Å². The molecule has 1 aliphatic heterocycles. The van der Waals surface area contributed by atoms with Gasteiger partial charge in [-0.3, -0.25) is 4.79 Å². The average molecular weight is 517 g/mol. The van der Waals surface area contributed by atoms with Crippen LogP contribution in [-0.4, -0.2) is 34.0 Å². The number of ether oxygens (including phenoxy) is 3. The third kappa shape index (κ3) is 5.98. The highest BCUT2D eigenvalue weighted by Gasteiger charge is 2.42. The Kier molecular flexibility index (Phi) is 8.96. The summed E-state index contributed by atoms with van der Waals surface area (Å²) in [6, 6.07) is 0. The number of hydrogen-bond donors (Lipinski definition) is 0. The maximum atomic E-state index is 12.9. The summed E-state index contributed by atoms with van der Waals surface area (Å²) in [5, 5.41) is -0.0299. The molecule has 1 atom stereocenters. The molecular formula is C29H44O6Si. The van der Waals surface area contributed by atoms with Crippen molar-refractivity contribution in [2.24, 2.45) is 5.92 Å². The van der Waals surface area contributed by atoms with E-state index in [-0.39, 0.29) is 23.6 Å². The van der Waals surface area contributed by atoms with Crippen molar-refractivity contribution in [1.29, 1.82) is 0 Å². The van der Waals surface area contributed by atoms with E-state index in [2.05, 4.69) is 39.9 Å². The zero-order valence-corrected chi connectivity index (χ0v) is 24.5. The van der Waals surface area contributed by atoms with Crippen molar-refractivity contribution in [3.05, 3.63) is 33.9 Å². The molecule has 0 aromatic heterocycles. The summed E-state index contributed by atoms with van der Waals surface area (Å²) < 4.78 is 23.4. The van der Waals surface area contributed by atoms with Gasteiger partial charge in [0.1, 0.15) is 23.7 Å².